The molecule has 4 nitrogen and oxygen atoms in total. The lowest BCUT2D eigenvalue weighted by Crippen LogP contribution is -2.41. The van der Waals surface area contributed by atoms with Crippen LogP contribution in [0.4, 0.5) is 0 Å². The van der Waals surface area contributed by atoms with Crippen LogP contribution in [-0.2, 0) is 4.79 Å². The molecule has 142 valence electrons. The first-order chi connectivity index (χ1) is 12.7. The molecule has 0 aliphatic carbocycles. The normalized spacial score (nSPS) is 29.7. The number of nitrogens with zero attached hydrogens (tertiary/aromatic N) is 1. The van der Waals surface area contributed by atoms with Gasteiger partial charge in [-0.3, -0.25) is 9.69 Å². The van der Waals surface area contributed by atoms with E-state index in [1.807, 2.05) is 0 Å². The van der Waals surface area contributed by atoms with Crippen molar-refractivity contribution in [2.45, 2.75) is 70.0 Å². The number of amides is 1. The van der Waals surface area contributed by atoms with Gasteiger partial charge in [0.25, 0.3) is 0 Å². The van der Waals surface area contributed by atoms with Crippen LogP contribution in [-0.4, -0.2) is 42.5 Å². The number of hydrogen-bond donors (Lipinski definition) is 2. The standard InChI is InChI=1S/C22H33N3O/c1-16-4-6-18(7-5-16)21(25-10-2-3-11-25)15-23-22(26)14-17-12-19-8-9-20(13-17)24-19/h4-7,17,19-21,24H,2-3,8-15H2,1H3,(H,23,26). The van der Waals surface area contributed by atoms with Gasteiger partial charge in [0.1, 0.15) is 0 Å². The predicted molar refractivity (Wildman–Crippen MR) is 105 cm³/mol. The first-order valence-electron chi connectivity index (χ1n) is 10.5. The van der Waals surface area contributed by atoms with Crippen molar-refractivity contribution in [1.29, 1.82) is 0 Å². The summed E-state index contributed by atoms with van der Waals surface area (Å²) in [5, 5.41) is 6.94. The summed E-state index contributed by atoms with van der Waals surface area (Å²) >= 11 is 0. The molecule has 26 heavy (non-hydrogen) atoms. The minimum Gasteiger partial charge on any atom is -0.354 e. The van der Waals surface area contributed by atoms with Crippen LogP contribution in [0.15, 0.2) is 24.3 Å². The number of benzene rings is 1. The van der Waals surface area contributed by atoms with E-state index in [1.165, 1.54) is 49.7 Å². The molecule has 4 heteroatoms. The average molecular weight is 356 g/mol. The predicted octanol–water partition coefficient (Wildman–Crippen LogP) is 3.17. The van der Waals surface area contributed by atoms with Crippen LogP contribution in [0.3, 0.4) is 0 Å². The summed E-state index contributed by atoms with van der Waals surface area (Å²) in [5.41, 5.74) is 2.62. The SMILES string of the molecule is Cc1ccc(C(CNC(=O)CC2CC3CCC(C2)N3)N2CCCC2)cc1. The van der Waals surface area contributed by atoms with E-state index in [0.29, 0.717) is 30.5 Å². The van der Waals surface area contributed by atoms with Gasteiger partial charge in [-0.05, 0) is 70.0 Å². The third-order valence-corrected chi connectivity index (χ3v) is 6.58. The van der Waals surface area contributed by atoms with Crippen molar-refractivity contribution < 1.29 is 4.79 Å². The molecule has 3 saturated heterocycles. The molecule has 1 aromatic carbocycles. The Bertz CT molecular complexity index is 596. The van der Waals surface area contributed by atoms with Crippen molar-refractivity contribution in [2.24, 2.45) is 5.92 Å². The molecule has 0 aromatic heterocycles. The number of fused-ring (bicyclic) bond motifs is 2. The van der Waals surface area contributed by atoms with E-state index in [1.54, 1.807) is 0 Å². The minimum atomic E-state index is 0.243. The summed E-state index contributed by atoms with van der Waals surface area (Å²) in [6.07, 6.45) is 8.20. The number of nitrogens with one attached hydrogen (secondary N) is 2. The van der Waals surface area contributed by atoms with Crippen LogP contribution in [0, 0.1) is 12.8 Å². The lowest BCUT2D eigenvalue weighted by atomic mass is 9.89. The maximum absolute atomic E-state index is 12.6. The summed E-state index contributed by atoms with van der Waals surface area (Å²) < 4.78 is 0. The van der Waals surface area contributed by atoms with Crippen molar-refractivity contribution in [2.75, 3.05) is 19.6 Å². The lowest BCUT2D eigenvalue weighted by Gasteiger charge is -2.30. The quantitative estimate of drug-likeness (QED) is 0.824. The third kappa shape index (κ3) is 4.29. The van der Waals surface area contributed by atoms with Gasteiger partial charge in [-0.1, -0.05) is 29.8 Å². The van der Waals surface area contributed by atoms with Gasteiger partial charge in [-0.15, -0.1) is 0 Å². The fraction of sp³-hybridized carbons (Fsp3) is 0.682. The molecule has 2 bridgehead atoms. The fourth-order valence-electron chi connectivity index (χ4n) is 5.19. The summed E-state index contributed by atoms with van der Waals surface area (Å²) in [6.45, 7) is 5.15. The smallest absolute Gasteiger partial charge is 0.220 e. The molecule has 3 aliphatic rings. The van der Waals surface area contributed by atoms with Crippen LogP contribution in [0.25, 0.3) is 0 Å². The van der Waals surface area contributed by atoms with E-state index >= 15 is 0 Å². The van der Waals surface area contributed by atoms with Gasteiger partial charge in [0, 0.05) is 25.0 Å². The Labute approximate surface area is 157 Å². The Morgan fingerprint density at radius 2 is 1.81 bits per heavy atom. The highest BCUT2D eigenvalue weighted by Gasteiger charge is 2.34. The molecule has 3 aliphatic heterocycles. The van der Waals surface area contributed by atoms with Gasteiger partial charge in [0.15, 0.2) is 0 Å². The highest BCUT2D eigenvalue weighted by molar-refractivity contribution is 5.76. The molecule has 0 saturated carbocycles. The summed E-state index contributed by atoms with van der Waals surface area (Å²) in [5.74, 6) is 0.811. The molecule has 1 amide bonds. The van der Waals surface area contributed by atoms with E-state index < -0.39 is 0 Å². The van der Waals surface area contributed by atoms with Crippen LogP contribution >= 0.6 is 0 Å². The van der Waals surface area contributed by atoms with E-state index in [0.717, 1.165) is 19.6 Å². The number of piperidine rings is 1. The Hall–Kier alpha value is -1.39. The zero-order valence-electron chi connectivity index (χ0n) is 16.0. The minimum absolute atomic E-state index is 0.243. The molecule has 3 atom stereocenters. The number of aryl methyl sites for hydroxylation is 1. The zero-order valence-corrected chi connectivity index (χ0v) is 16.0. The molecule has 3 unspecified atom stereocenters. The van der Waals surface area contributed by atoms with Gasteiger partial charge in [0.2, 0.25) is 5.91 Å². The number of carbonyl (C=O) groups excluding carboxylic acids is 1. The van der Waals surface area contributed by atoms with Crippen LogP contribution in [0.5, 0.6) is 0 Å². The molecular formula is C22H33N3O. The zero-order chi connectivity index (χ0) is 17.9. The van der Waals surface area contributed by atoms with E-state index in [9.17, 15) is 4.79 Å². The van der Waals surface area contributed by atoms with Crippen LogP contribution < -0.4 is 10.6 Å². The second-order valence-corrected chi connectivity index (χ2v) is 8.65. The van der Waals surface area contributed by atoms with Gasteiger partial charge in [-0.25, -0.2) is 0 Å². The van der Waals surface area contributed by atoms with Crippen molar-refractivity contribution in [3.05, 3.63) is 35.4 Å². The summed E-state index contributed by atoms with van der Waals surface area (Å²) in [4.78, 5) is 15.1. The molecule has 3 fully saturated rings. The molecule has 3 heterocycles. The Kier molecular flexibility index (Phi) is 5.60. The highest BCUT2D eigenvalue weighted by Crippen LogP contribution is 2.32. The topological polar surface area (TPSA) is 44.4 Å². The highest BCUT2D eigenvalue weighted by atomic mass is 16.1. The van der Waals surface area contributed by atoms with E-state index in [-0.39, 0.29) is 5.91 Å². The number of rotatable bonds is 6. The Balaban J connectivity index is 1.33. The first kappa shape index (κ1) is 18.0. The maximum atomic E-state index is 12.6. The van der Waals surface area contributed by atoms with E-state index in [2.05, 4.69) is 46.7 Å². The van der Waals surface area contributed by atoms with Crippen molar-refractivity contribution in [3.63, 3.8) is 0 Å². The molecule has 0 spiro atoms. The number of carbonyl (C=O) groups is 1. The third-order valence-electron chi connectivity index (χ3n) is 6.58. The number of likely N-dealkylation sites (tertiary alicyclic amines) is 1. The summed E-state index contributed by atoms with van der Waals surface area (Å²) in [6, 6.07) is 10.5. The molecular weight excluding hydrogens is 322 g/mol. The van der Waals surface area contributed by atoms with Crippen molar-refractivity contribution >= 4 is 5.91 Å². The van der Waals surface area contributed by atoms with Crippen LogP contribution in [0.1, 0.15) is 62.1 Å². The largest absolute Gasteiger partial charge is 0.354 e. The molecule has 2 N–H and O–H groups in total. The number of hydrogen-bond acceptors (Lipinski definition) is 3. The molecule has 0 radical (unpaired) electrons. The average Bonchev–Trinajstić information content (AvgIpc) is 3.27. The van der Waals surface area contributed by atoms with Crippen LogP contribution in [0.2, 0.25) is 0 Å². The second kappa shape index (κ2) is 8.10. The Morgan fingerprint density at radius 3 is 2.46 bits per heavy atom. The molecule has 4 rings (SSSR count). The summed E-state index contributed by atoms with van der Waals surface area (Å²) in [7, 11) is 0. The van der Waals surface area contributed by atoms with Gasteiger partial charge < -0.3 is 10.6 Å². The van der Waals surface area contributed by atoms with Gasteiger partial charge >= 0.3 is 0 Å². The van der Waals surface area contributed by atoms with Gasteiger partial charge in [-0.2, -0.15) is 0 Å². The fourth-order valence-corrected chi connectivity index (χ4v) is 5.19. The first-order valence-corrected chi connectivity index (χ1v) is 10.5. The van der Waals surface area contributed by atoms with E-state index in [4.69, 9.17) is 0 Å². The van der Waals surface area contributed by atoms with Gasteiger partial charge in [0.05, 0.1) is 6.04 Å². The second-order valence-electron chi connectivity index (χ2n) is 8.65. The monoisotopic (exact) mass is 355 g/mol. The van der Waals surface area contributed by atoms with Crippen molar-refractivity contribution in [1.82, 2.24) is 15.5 Å². The molecule has 1 aromatic rings. The maximum Gasteiger partial charge on any atom is 0.220 e. The lowest BCUT2D eigenvalue weighted by molar-refractivity contribution is -0.122. The van der Waals surface area contributed by atoms with Crippen molar-refractivity contribution in [3.8, 4) is 0 Å². The Morgan fingerprint density at radius 1 is 1.15 bits per heavy atom.